The fraction of sp³-hybridized carbons (Fsp3) is 0.167. The first-order valence-corrected chi connectivity index (χ1v) is 11.5. The molecule has 6 heteroatoms. The highest BCUT2D eigenvalue weighted by atomic mass is 32.2. The Bertz CT molecular complexity index is 1090. The summed E-state index contributed by atoms with van der Waals surface area (Å²) in [5.74, 6) is 0.848. The van der Waals surface area contributed by atoms with Crippen LogP contribution in [-0.2, 0) is 9.59 Å². The van der Waals surface area contributed by atoms with Gasteiger partial charge in [0, 0.05) is 46.6 Å². The van der Waals surface area contributed by atoms with Gasteiger partial charge in [-0.3, -0.25) is 9.59 Å². The van der Waals surface area contributed by atoms with Crippen molar-refractivity contribution in [2.24, 2.45) is 0 Å². The van der Waals surface area contributed by atoms with Gasteiger partial charge in [0.25, 0.3) is 0 Å². The van der Waals surface area contributed by atoms with E-state index in [1.54, 1.807) is 37.2 Å². The summed E-state index contributed by atoms with van der Waals surface area (Å²) in [7, 11) is 3.55. The summed E-state index contributed by atoms with van der Waals surface area (Å²) in [5.41, 5.74) is 3.88. The lowest BCUT2D eigenvalue weighted by atomic mass is 9.96. The second kappa shape index (κ2) is 10.8. The quantitative estimate of drug-likeness (QED) is 0.370. The molecule has 0 amide bonds. The number of thiophene rings is 1. The average Bonchev–Trinajstić information content (AvgIpc) is 3.25. The fourth-order valence-corrected chi connectivity index (χ4v) is 5.07. The number of carbonyl (C=O) groups is 2. The molecule has 0 spiro atoms. The first-order chi connectivity index (χ1) is 14.7. The number of likely N-dealkylation sites (N-methyl/N-ethyl adjacent to an activating group) is 1. The minimum absolute atomic E-state index is 0.341. The van der Waals surface area contributed by atoms with Gasteiger partial charge < -0.3 is 10.6 Å². The second-order valence-corrected chi connectivity index (χ2v) is 8.31. The largest absolute Gasteiger partial charge is 0.387 e. The van der Waals surface area contributed by atoms with E-state index >= 15 is 0 Å². The summed E-state index contributed by atoms with van der Waals surface area (Å²) in [5, 5.41) is 11.4. The van der Waals surface area contributed by atoms with E-state index < -0.39 is 0 Å². The van der Waals surface area contributed by atoms with Crippen LogP contribution < -0.4 is 10.6 Å². The Morgan fingerprint density at radius 3 is 2.40 bits per heavy atom. The number of rotatable bonds is 7. The highest BCUT2D eigenvalue weighted by Crippen LogP contribution is 2.33. The minimum Gasteiger partial charge on any atom is -0.387 e. The van der Waals surface area contributed by atoms with Gasteiger partial charge in [-0.15, -0.1) is 23.1 Å². The molecule has 4 nitrogen and oxygen atoms in total. The summed E-state index contributed by atoms with van der Waals surface area (Å²) in [6.07, 6.45) is 10.3. The Kier molecular flexibility index (Phi) is 7.88. The summed E-state index contributed by atoms with van der Waals surface area (Å²) in [6, 6.07) is 8.04. The van der Waals surface area contributed by atoms with E-state index in [1.807, 2.05) is 47.9 Å². The van der Waals surface area contributed by atoms with Crippen LogP contribution in [0.25, 0.3) is 15.8 Å². The highest BCUT2D eigenvalue weighted by molar-refractivity contribution is 8.02. The molecule has 0 radical (unpaired) electrons. The van der Waals surface area contributed by atoms with Crippen LogP contribution in [0, 0.1) is 0 Å². The maximum absolute atomic E-state index is 12.3. The van der Waals surface area contributed by atoms with E-state index in [0.717, 1.165) is 39.5 Å². The molecule has 30 heavy (non-hydrogen) atoms. The Morgan fingerprint density at radius 2 is 1.67 bits per heavy atom. The topological polar surface area (TPSA) is 58.2 Å². The van der Waals surface area contributed by atoms with Crippen LogP contribution >= 0.6 is 23.1 Å². The lowest BCUT2D eigenvalue weighted by Gasteiger charge is -2.17. The third-order valence-electron chi connectivity index (χ3n) is 4.78. The third kappa shape index (κ3) is 4.66. The van der Waals surface area contributed by atoms with Crippen molar-refractivity contribution in [2.75, 3.05) is 19.8 Å². The number of hydrogen-bond acceptors (Lipinski definition) is 6. The smallest absolute Gasteiger partial charge is 0.152 e. The zero-order valence-corrected chi connectivity index (χ0v) is 18.6. The van der Waals surface area contributed by atoms with Crippen LogP contribution in [0.3, 0.4) is 0 Å². The first kappa shape index (κ1) is 21.9. The molecule has 0 bridgehead atoms. The van der Waals surface area contributed by atoms with Gasteiger partial charge >= 0.3 is 0 Å². The van der Waals surface area contributed by atoms with Crippen LogP contribution in [0.2, 0.25) is 0 Å². The standard InChI is InChI=1S/C24H24N2O2S2/c1-25-23(17-9-5-3-4-8-12-29-15-17)19(13-27)20(14-28)24(26-2)21-16-30-22-11-7-6-10-18(21)22/h3-8,10-11,13-16,25-26H,9,12H2,1-2H3/b5-3-,8-4-,17-15+,23-19-,24-20-. The molecular weight excluding hydrogens is 412 g/mol. The Balaban J connectivity index is 2.21. The number of aldehydes is 2. The van der Waals surface area contributed by atoms with E-state index in [-0.39, 0.29) is 0 Å². The van der Waals surface area contributed by atoms with Crippen molar-refractivity contribution < 1.29 is 9.59 Å². The molecular formula is C24H24N2O2S2. The van der Waals surface area contributed by atoms with Gasteiger partial charge in [-0.1, -0.05) is 42.5 Å². The van der Waals surface area contributed by atoms with E-state index in [2.05, 4.69) is 22.1 Å². The molecule has 1 aromatic heterocycles. The number of nitrogens with one attached hydrogen (secondary N) is 2. The van der Waals surface area contributed by atoms with Gasteiger partial charge in [0.2, 0.25) is 0 Å². The normalized spacial score (nSPS) is 19.7. The number of benzene rings is 1. The average molecular weight is 437 g/mol. The number of thioether (sulfide) groups is 1. The van der Waals surface area contributed by atoms with Gasteiger partial charge in [0.15, 0.2) is 12.6 Å². The monoisotopic (exact) mass is 436 g/mol. The molecule has 0 saturated heterocycles. The molecule has 2 aromatic rings. The van der Waals surface area contributed by atoms with Crippen LogP contribution in [0.5, 0.6) is 0 Å². The number of fused-ring (bicyclic) bond motifs is 1. The molecule has 1 aliphatic heterocycles. The second-order valence-electron chi connectivity index (χ2n) is 6.50. The van der Waals surface area contributed by atoms with Crippen molar-refractivity contribution in [1.29, 1.82) is 0 Å². The van der Waals surface area contributed by atoms with E-state index in [9.17, 15) is 9.59 Å². The van der Waals surface area contributed by atoms with E-state index in [0.29, 0.717) is 29.0 Å². The Hall–Kier alpha value is -2.83. The van der Waals surface area contributed by atoms with E-state index in [4.69, 9.17) is 0 Å². The van der Waals surface area contributed by atoms with Crippen LogP contribution in [0.4, 0.5) is 0 Å². The third-order valence-corrected chi connectivity index (χ3v) is 6.57. The number of hydrogen-bond donors (Lipinski definition) is 2. The summed E-state index contributed by atoms with van der Waals surface area (Å²) < 4.78 is 1.13. The highest BCUT2D eigenvalue weighted by Gasteiger charge is 2.20. The maximum atomic E-state index is 12.3. The van der Waals surface area contributed by atoms with Crippen molar-refractivity contribution in [3.63, 3.8) is 0 Å². The van der Waals surface area contributed by atoms with Gasteiger partial charge in [0.1, 0.15) is 0 Å². The number of allylic oxidation sites excluding steroid dienone is 6. The molecule has 1 aromatic carbocycles. The predicted molar refractivity (Wildman–Crippen MR) is 129 cm³/mol. The van der Waals surface area contributed by atoms with Crippen molar-refractivity contribution in [3.8, 4) is 0 Å². The number of carbonyl (C=O) groups excluding carboxylic acids is 2. The zero-order chi connectivity index (χ0) is 21.3. The maximum Gasteiger partial charge on any atom is 0.152 e. The Labute approximate surface area is 185 Å². The van der Waals surface area contributed by atoms with Crippen molar-refractivity contribution in [1.82, 2.24) is 10.6 Å². The molecule has 154 valence electrons. The Morgan fingerprint density at radius 1 is 0.967 bits per heavy atom. The molecule has 0 aliphatic carbocycles. The summed E-state index contributed by atoms with van der Waals surface area (Å²) in [6.45, 7) is 0. The van der Waals surface area contributed by atoms with Crippen LogP contribution in [-0.4, -0.2) is 32.4 Å². The van der Waals surface area contributed by atoms with Crippen LogP contribution in [0.1, 0.15) is 12.0 Å². The SMILES string of the molecule is CNC(/C1=C/SC/C=C\C=C/C1)=C(C=O)\C(C=O)=C(/NC)c1csc2ccccc12. The molecule has 1 aliphatic rings. The first-order valence-electron chi connectivity index (χ1n) is 9.59. The zero-order valence-electron chi connectivity index (χ0n) is 17.0. The molecule has 2 heterocycles. The molecule has 0 fully saturated rings. The van der Waals surface area contributed by atoms with Crippen LogP contribution in [0.15, 0.2) is 81.8 Å². The van der Waals surface area contributed by atoms with Crippen molar-refractivity contribution in [3.05, 3.63) is 87.3 Å². The fourth-order valence-electron chi connectivity index (χ4n) is 3.39. The van der Waals surface area contributed by atoms with Gasteiger partial charge in [-0.2, -0.15) is 0 Å². The molecule has 0 atom stereocenters. The lowest BCUT2D eigenvalue weighted by Crippen LogP contribution is -2.17. The van der Waals surface area contributed by atoms with Crippen molar-refractivity contribution in [2.45, 2.75) is 6.42 Å². The molecule has 3 rings (SSSR count). The molecule has 2 N–H and O–H groups in total. The predicted octanol–water partition coefficient (Wildman–Crippen LogP) is 4.84. The summed E-state index contributed by atoms with van der Waals surface area (Å²) in [4.78, 5) is 24.5. The van der Waals surface area contributed by atoms with Gasteiger partial charge in [-0.05, 0) is 23.5 Å². The van der Waals surface area contributed by atoms with Crippen molar-refractivity contribution >= 4 is 51.5 Å². The van der Waals surface area contributed by atoms with Gasteiger partial charge in [-0.25, -0.2) is 0 Å². The minimum atomic E-state index is 0.341. The molecule has 0 unspecified atom stereocenters. The lowest BCUT2D eigenvalue weighted by molar-refractivity contribution is -0.107. The van der Waals surface area contributed by atoms with E-state index in [1.165, 1.54) is 0 Å². The molecule has 0 saturated carbocycles. The van der Waals surface area contributed by atoms with Gasteiger partial charge in [0.05, 0.1) is 16.8 Å². The summed E-state index contributed by atoms with van der Waals surface area (Å²) >= 11 is 3.27.